The van der Waals surface area contributed by atoms with E-state index in [1.54, 1.807) is 24.3 Å². The van der Waals surface area contributed by atoms with E-state index in [9.17, 15) is 28.8 Å². The second kappa shape index (κ2) is 15.1. The first-order chi connectivity index (χ1) is 21.2. The number of hydroxylamine groups is 2. The van der Waals surface area contributed by atoms with E-state index in [1.165, 1.54) is 0 Å². The topological polar surface area (TPSA) is 180 Å². The highest BCUT2D eigenvalue weighted by atomic mass is 16.8. The van der Waals surface area contributed by atoms with E-state index in [0.717, 1.165) is 23.1 Å². The number of carbonyl (C=O) groups is 6. The standard InChI is InChI=1S/C31H36N4O9.3H2/c1-2-12-32-26(37)4-3-5-27(38)34-22-9-8-20-15-19-6-7-21(30(41)33-13-14-36)16-23(19)25(24(20)17-22)18-43-31(42)44-35-28(39)10-11-29(35)40;;;/h6-9,16-17,25,36H,2-5,10-15,18H2,1H3,(H,32,37)(H,33,41)(H,34,38);3*1H. The maximum atomic E-state index is 12.6. The predicted octanol–water partition coefficient (Wildman–Crippen LogP) is 3.04. The van der Waals surface area contributed by atoms with Gasteiger partial charge in [0.25, 0.3) is 17.7 Å². The molecular formula is C31H42N4O9. The molecule has 0 bridgehead atoms. The Morgan fingerprint density at radius 1 is 0.932 bits per heavy atom. The molecule has 4 rings (SSSR count). The first-order valence-electron chi connectivity index (χ1n) is 14.6. The molecule has 1 fully saturated rings. The lowest BCUT2D eigenvalue weighted by Gasteiger charge is -2.29. The summed E-state index contributed by atoms with van der Waals surface area (Å²) in [6, 6.07) is 10.6. The smallest absolute Gasteiger partial charge is 0.432 e. The Balaban J connectivity index is 0.00000368. The number of hydrogen-bond acceptors (Lipinski definition) is 9. The van der Waals surface area contributed by atoms with E-state index in [2.05, 4.69) is 16.0 Å². The molecule has 240 valence electrons. The van der Waals surface area contributed by atoms with Crippen molar-refractivity contribution >= 4 is 41.4 Å². The van der Waals surface area contributed by atoms with Crippen molar-refractivity contribution in [3.8, 4) is 0 Å². The summed E-state index contributed by atoms with van der Waals surface area (Å²) < 4.78 is 5.38. The average Bonchev–Trinajstić information content (AvgIpc) is 3.32. The molecule has 2 aromatic carbocycles. The van der Waals surface area contributed by atoms with Crippen molar-refractivity contribution in [1.82, 2.24) is 15.7 Å². The number of anilines is 1. The lowest BCUT2D eigenvalue weighted by atomic mass is 9.77. The van der Waals surface area contributed by atoms with Crippen LogP contribution in [0.15, 0.2) is 36.4 Å². The van der Waals surface area contributed by atoms with E-state index in [4.69, 9.17) is 14.7 Å². The average molecular weight is 615 g/mol. The Labute approximate surface area is 258 Å². The minimum absolute atomic E-state index is 0. The molecule has 1 atom stereocenters. The lowest BCUT2D eigenvalue weighted by molar-refractivity contribution is -0.177. The van der Waals surface area contributed by atoms with Gasteiger partial charge >= 0.3 is 6.16 Å². The van der Waals surface area contributed by atoms with Crippen molar-refractivity contribution in [2.75, 3.05) is 31.6 Å². The minimum Gasteiger partial charge on any atom is -0.432 e. The van der Waals surface area contributed by atoms with Crippen molar-refractivity contribution in [2.24, 2.45) is 0 Å². The van der Waals surface area contributed by atoms with Crippen LogP contribution in [-0.4, -0.2) is 72.2 Å². The first kappa shape index (κ1) is 32.1. The Kier molecular flexibility index (Phi) is 11.0. The maximum absolute atomic E-state index is 12.6. The molecule has 13 heteroatoms. The lowest BCUT2D eigenvalue weighted by Crippen LogP contribution is -2.33. The van der Waals surface area contributed by atoms with Gasteiger partial charge in [-0.05, 0) is 65.8 Å². The van der Waals surface area contributed by atoms with Gasteiger partial charge in [-0.25, -0.2) is 4.79 Å². The summed E-state index contributed by atoms with van der Waals surface area (Å²) in [4.78, 5) is 78.2. The number of ether oxygens (including phenoxy) is 1. The molecule has 13 nitrogen and oxygen atoms in total. The van der Waals surface area contributed by atoms with Crippen LogP contribution in [-0.2, 0) is 35.2 Å². The first-order valence-corrected chi connectivity index (χ1v) is 14.6. The van der Waals surface area contributed by atoms with E-state index in [0.29, 0.717) is 41.3 Å². The molecule has 0 spiro atoms. The van der Waals surface area contributed by atoms with Gasteiger partial charge in [-0.1, -0.05) is 24.1 Å². The molecule has 2 aromatic rings. The summed E-state index contributed by atoms with van der Waals surface area (Å²) in [6.45, 7) is 2.17. The highest BCUT2D eigenvalue weighted by Crippen LogP contribution is 2.39. The molecule has 2 aliphatic rings. The highest BCUT2D eigenvalue weighted by molar-refractivity contribution is 6.01. The third kappa shape index (κ3) is 8.19. The van der Waals surface area contributed by atoms with Crippen LogP contribution in [0.2, 0.25) is 0 Å². The monoisotopic (exact) mass is 614 g/mol. The zero-order chi connectivity index (χ0) is 31.6. The van der Waals surface area contributed by atoms with Crippen molar-refractivity contribution in [3.05, 3.63) is 64.2 Å². The number of rotatable bonds is 13. The molecule has 44 heavy (non-hydrogen) atoms. The molecule has 1 unspecified atom stereocenters. The third-order valence-corrected chi connectivity index (χ3v) is 7.29. The van der Waals surface area contributed by atoms with E-state index in [-0.39, 0.29) is 67.4 Å². The normalized spacial score (nSPS) is 15.2. The van der Waals surface area contributed by atoms with Gasteiger partial charge in [-0.3, -0.25) is 28.8 Å². The van der Waals surface area contributed by atoms with Crippen LogP contribution in [0.25, 0.3) is 0 Å². The van der Waals surface area contributed by atoms with Crippen molar-refractivity contribution in [1.29, 1.82) is 0 Å². The van der Waals surface area contributed by atoms with Crippen molar-refractivity contribution in [3.63, 3.8) is 0 Å². The van der Waals surface area contributed by atoms with Gasteiger partial charge in [0.05, 0.1) is 6.61 Å². The summed E-state index contributed by atoms with van der Waals surface area (Å²) in [5.74, 6) is -2.61. The van der Waals surface area contributed by atoms with Crippen LogP contribution >= 0.6 is 0 Å². The summed E-state index contributed by atoms with van der Waals surface area (Å²) >= 11 is 0. The molecule has 0 saturated carbocycles. The largest absolute Gasteiger partial charge is 0.533 e. The number of imide groups is 1. The minimum atomic E-state index is -1.23. The molecule has 0 aromatic heterocycles. The molecule has 1 aliphatic heterocycles. The Morgan fingerprint density at radius 3 is 2.32 bits per heavy atom. The van der Waals surface area contributed by atoms with Crippen LogP contribution < -0.4 is 16.0 Å². The summed E-state index contributed by atoms with van der Waals surface area (Å²) in [5.41, 5.74) is 4.09. The van der Waals surface area contributed by atoms with Crippen LogP contribution in [0.1, 0.15) is 88.3 Å². The van der Waals surface area contributed by atoms with Gasteiger partial charge < -0.3 is 25.8 Å². The SMILES string of the molecule is CCCNC(=O)CCCC(=O)Nc1ccc2c(c1)C(COC(=O)ON1C(=O)CCC1=O)c1cc(C(=O)NCCO)ccc1C2.[HH].[HH].[HH]. The molecule has 1 aliphatic carbocycles. The van der Waals surface area contributed by atoms with Crippen LogP contribution in [0.3, 0.4) is 0 Å². The number of hydrogen-bond donors (Lipinski definition) is 4. The number of nitrogens with one attached hydrogen (secondary N) is 3. The highest BCUT2D eigenvalue weighted by Gasteiger charge is 2.34. The van der Waals surface area contributed by atoms with E-state index >= 15 is 0 Å². The molecular weight excluding hydrogens is 572 g/mol. The summed E-state index contributed by atoms with van der Waals surface area (Å²) in [5, 5.41) is 17.7. The second-order valence-electron chi connectivity index (χ2n) is 10.5. The fourth-order valence-electron chi connectivity index (χ4n) is 5.10. The number of aliphatic hydroxyl groups excluding tert-OH is 1. The van der Waals surface area contributed by atoms with Gasteiger partial charge in [0.15, 0.2) is 0 Å². The quantitative estimate of drug-likeness (QED) is 0.195. The van der Waals surface area contributed by atoms with Crippen LogP contribution in [0.4, 0.5) is 10.5 Å². The zero-order valence-electron chi connectivity index (χ0n) is 24.5. The van der Waals surface area contributed by atoms with Gasteiger partial charge in [-0.15, -0.1) is 0 Å². The zero-order valence-corrected chi connectivity index (χ0v) is 24.5. The van der Waals surface area contributed by atoms with Gasteiger partial charge in [-0.2, -0.15) is 0 Å². The van der Waals surface area contributed by atoms with Crippen molar-refractivity contribution in [2.45, 2.75) is 57.8 Å². The van der Waals surface area contributed by atoms with Gasteiger partial charge in [0.1, 0.15) is 6.61 Å². The fourth-order valence-corrected chi connectivity index (χ4v) is 5.10. The Hall–Kier alpha value is -4.78. The summed E-state index contributed by atoms with van der Waals surface area (Å²) in [7, 11) is 0. The number of carbonyl (C=O) groups excluding carboxylic acids is 6. The maximum Gasteiger partial charge on any atom is 0.533 e. The second-order valence-corrected chi connectivity index (χ2v) is 10.5. The fraction of sp³-hybridized carbons (Fsp3) is 0.419. The number of nitrogens with zero attached hydrogens (tertiary/aromatic N) is 1. The van der Waals surface area contributed by atoms with Crippen molar-refractivity contribution < 1.29 is 47.7 Å². The molecule has 5 amide bonds. The number of benzene rings is 2. The van der Waals surface area contributed by atoms with E-state index in [1.807, 2.05) is 19.1 Å². The molecule has 1 heterocycles. The number of amides is 5. The number of aliphatic hydroxyl groups is 1. The van der Waals surface area contributed by atoms with Crippen LogP contribution in [0, 0.1) is 0 Å². The van der Waals surface area contributed by atoms with Crippen LogP contribution in [0.5, 0.6) is 0 Å². The summed E-state index contributed by atoms with van der Waals surface area (Å²) in [6.07, 6.45) is 0.785. The molecule has 4 N–H and O–H groups in total. The van der Waals surface area contributed by atoms with Gasteiger partial charge in [0.2, 0.25) is 11.8 Å². The number of fused-ring (bicyclic) bond motifs is 2. The van der Waals surface area contributed by atoms with E-state index < -0.39 is 23.9 Å². The molecule has 0 radical (unpaired) electrons. The molecule has 1 saturated heterocycles. The Bertz CT molecular complexity index is 1440. The third-order valence-electron chi connectivity index (χ3n) is 7.29. The Morgan fingerprint density at radius 2 is 1.61 bits per heavy atom. The van der Waals surface area contributed by atoms with Gasteiger partial charge in [0, 0.05) is 60.2 Å². The predicted molar refractivity (Wildman–Crippen MR) is 163 cm³/mol.